The van der Waals surface area contributed by atoms with Gasteiger partial charge in [0.05, 0.1) is 12.6 Å². The van der Waals surface area contributed by atoms with Gasteiger partial charge in [0, 0.05) is 11.6 Å². The molecule has 0 aromatic heterocycles. The van der Waals surface area contributed by atoms with E-state index in [4.69, 9.17) is 22.2 Å². The predicted octanol–water partition coefficient (Wildman–Crippen LogP) is 2.19. The molecule has 1 aromatic rings. The molecule has 3 N–H and O–H groups in total. The van der Waals surface area contributed by atoms with E-state index in [-0.39, 0.29) is 6.04 Å². The summed E-state index contributed by atoms with van der Waals surface area (Å²) in [6, 6.07) is 5.78. The molecule has 1 rings (SSSR count). The Labute approximate surface area is 95.5 Å². The zero-order chi connectivity index (χ0) is 11.3. The van der Waals surface area contributed by atoms with Gasteiger partial charge in [-0.1, -0.05) is 23.7 Å². The Balaban J connectivity index is 2.86. The van der Waals surface area contributed by atoms with Crippen LogP contribution in [0.3, 0.4) is 0 Å². The summed E-state index contributed by atoms with van der Waals surface area (Å²) < 4.78 is 5.35. The van der Waals surface area contributed by atoms with Crippen molar-refractivity contribution >= 4 is 11.6 Å². The van der Waals surface area contributed by atoms with Crippen molar-refractivity contribution in [2.45, 2.75) is 19.9 Å². The first-order valence-corrected chi connectivity index (χ1v) is 5.37. The number of hydrogen-bond donors (Lipinski definition) is 2. The lowest BCUT2D eigenvalue weighted by molar-refractivity contribution is 0.123. The van der Waals surface area contributed by atoms with Gasteiger partial charge in [0.15, 0.2) is 0 Å². The standard InChI is InChI=1S/C11H17ClN2O/c1-3-15-7-11(14-13)9-5-4-6-10(12)8(9)2/h4-6,11,14H,3,7,13H2,1-2H3. The molecule has 0 fully saturated rings. The Morgan fingerprint density at radius 3 is 2.87 bits per heavy atom. The molecule has 0 bridgehead atoms. The minimum absolute atomic E-state index is 0.0105. The van der Waals surface area contributed by atoms with Crippen LogP contribution in [-0.2, 0) is 4.74 Å². The van der Waals surface area contributed by atoms with Crippen LogP contribution in [0.4, 0.5) is 0 Å². The molecule has 0 heterocycles. The van der Waals surface area contributed by atoms with E-state index in [0.29, 0.717) is 13.2 Å². The lowest BCUT2D eigenvalue weighted by Crippen LogP contribution is -2.32. The van der Waals surface area contributed by atoms with Crippen LogP contribution in [0.2, 0.25) is 5.02 Å². The lowest BCUT2D eigenvalue weighted by Gasteiger charge is -2.18. The number of nitrogens with two attached hydrogens (primary N) is 1. The van der Waals surface area contributed by atoms with Crippen molar-refractivity contribution in [2.24, 2.45) is 5.84 Å². The monoisotopic (exact) mass is 228 g/mol. The lowest BCUT2D eigenvalue weighted by atomic mass is 10.0. The smallest absolute Gasteiger partial charge is 0.0696 e. The van der Waals surface area contributed by atoms with Crippen LogP contribution in [-0.4, -0.2) is 13.2 Å². The molecule has 0 saturated carbocycles. The molecular weight excluding hydrogens is 212 g/mol. The van der Waals surface area contributed by atoms with Crippen molar-refractivity contribution in [2.75, 3.05) is 13.2 Å². The molecule has 1 atom stereocenters. The first-order chi connectivity index (χ1) is 7.20. The second-order valence-electron chi connectivity index (χ2n) is 3.33. The van der Waals surface area contributed by atoms with Crippen molar-refractivity contribution in [3.63, 3.8) is 0 Å². The largest absolute Gasteiger partial charge is 0.380 e. The molecule has 0 aliphatic rings. The van der Waals surface area contributed by atoms with Gasteiger partial charge in [-0.05, 0) is 31.0 Å². The Morgan fingerprint density at radius 1 is 1.53 bits per heavy atom. The summed E-state index contributed by atoms with van der Waals surface area (Å²) in [7, 11) is 0. The Kier molecular flexibility index (Phi) is 5.05. The molecule has 15 heavy (non-hydrogen) atoms. The van der Waals surface area contributed by atoms with Gasteiger partial charge >= 0.3 is 0 Å². The van der Waals surface area contributed by atoms with Crippen LogP contribution in [0.1, 0.15) is 24.1 Å². The fraction of sp³-hybridized carbons (Fsp3) is 0.455. The highest BCUT2D eigenvalue weighted by atomic mass is 35.5. The zero-order valence-corrected chi connectivity index (χ0v) is 9.84. The molecule has 0 aliphatic heterocycles. The van der Waals surface area contributed by atoms with Gasteiger partial charge in [-0.25, -0.2) is 0 Å². The minimum atomic E-state index is -0.0105. The summed E-state index contributed by atoms with van der Waals surface area (Å²) in [4.78, 5) is 0. The zero-order valence-electron chi connectivity index (χ0n) is 9.09. The van der Waals surface area contributed by atoms with Gasteiger partial charge < -0.3 is 4.74 Å². The van der Waals surface area contributed by atoms with E-state index in [1.165, 1.54) is 0 Å². The number of hydrogen-bond acceptors (Lipinski definition) is 3. The first-order valence-electron chi connectivity index (χ1n) is 4.99. The van der Waals surface area contributed by atoms with Crippen LogP contribution in [0.5, 0.6) is 0 Å². The van der Waals surface area contributed by atoms with Gasteiger partial charge in [-0.15, -0.1) is 0 Å². The van der Waals surface area contributed by atoms with Crippen molar-refractivity contribution in [3.8, 4) is 0 Å². The van der Waals surface area contributed by atoms with Crippen molar-refractivity contribution in [3.05, 3.63) is 34.3 Å². The molecular formula is C11H17ClN2O. The van der Waals surface area contributed by atoms with Crippen molar-refractivity contribution in [1.29, 1.82) is 0 Å². The highest BCUT2D eigenvalue weighted by Gasteiger charge is 2.13. The molecule has 0 amide bonds. The SMILES string of the molecule is CCOCC(NN)c1cccc(Cl)c1C. The molecule has 0 radical (unpaired) electrons. The van der Waals surface area contributed by atoms with Crippen LogP contribution in [0.15, 0.2) is 18.2 Å². The Bertz CT molecular complexity index is 317. The first kappa shape index (κ1) is 12.5. The Morgan fingerprint density at radius 2 is 2.27 bits per heavy atom. The fourth-order valence-electron chi connectivity index (χ4n) is 1.47. The topological polar surface area (TPSA) is 47.3 Å². The van der Waals surface area contributed by atoms with Crippen LogP contribution >= 0.6 is 11.6 Å². The average molecular weight is 229 g/mol. The second-order valence-corrected chi connectivity index (χ2v) is 3.74. The maximum absolute atomic E-state index is 6.04. The van der Waals surface area contributed by atoms with Crippen LogP contribution in [0.25, 0.3) is 0 Å². The van der Waals surface area contributed by atoms with Gasteiger partial charge in [-0.3, -0.25) is 11.3 Å². The molecule has 1 unspecified atom stereocenters. The summed E-state index contributed by atoms with van der Waals surface area (Å²) in [6.45, 7) is 5.17. The Hall–Kier alpha value is -0.610. The number of rotatable bonds is 5. The van der Waals surface area contributed by atoms with E-state index in [2.05, 4.69) is 5.43 Å². The molecule has 84 valence electrons. The highest BCUT2D eigenvalue weighted by Crippen LogP contribution is 2.23. The molecule has 0 spiro atoms. The molecule has 3 nitrogen and oxygen atoms in total. The normalized spacial score (nSPS) is 12.8. The van der Waals surface area contributed by atoms with Crippen molar-refractivity contribution < 1.29 is 4.74 Å². The van der Waals surface area contributed by atoms with Crippen molar-refractivity contribution in [1.82, 2.24) is 5.43 Å². The quantitative estimate of drug-likeness (QED) is 0.600. The number of ether oxygens (including phenoxy) is 1. The molecule has 0 saturated heterocycles. The third kappa shape index (κ3) is 3.18. The summed E-state index contributed by atoms with van der Waals surface area (Å²) in [5.41, 5.74) is 4.86. The summed E-state index contributed by atoms with van der Waals surface area (Å²) in [5, 5.41) is 0.754. The maximum Gasteiger partial charge on any atom is 0.0696 e. The van der Waals surface area contributed by atoms with E-state index in [1.54, 1.807) is 0 Å². The fourth-order valence-corrected chi connectivity index (χ4v) is 1.65. The molecule has 0 aliphatic carbocycles. The molecule has 1 aromatic carbocycles. The number of nitrogens with one attached hydrogen (secondary N) is 1. The van der Waals surface area contributed by atoms with Gasteiger partial charge in [0.1, 0.15) is 0 Å². The predicted molar refractivity (Wildman–Crippen MR) is 62.7 cm³/mol. The summed E-state index contributed by atoms with van der Waals surface area (Å²) >= 11 is 6.04. The van der Waals surface area contributed by atoms with E-state index in [9.17, 15) is 0 Å². The summed E-state index contributed by atoms with van der Waals surface area (Å²) in [5.74, 6) is 5.49. The van der Waals surface area contributed by atoms with E-state index in [1.807, 2.05) is 32.0 Å². The average Bonchev–Trinajstić information content (AvgIpc) is 2.25. The minimum Gasteiger partial charge on any atom is -0.380 e. The van der Waals surface area contributed by atoms with Gasteiger partial charge in [0.25, 0.3) is 0 Å². The number of halogens is 1. The highest BCUT2D eigenvalue weighted by molar-refractivity contribution is 6.31. The third-order valence-corrected chi connectivity index (χ3v) is 2.78. The van der Waals surface area contributed by atoms with Gasteiger partial charge in [-0.2, -0.15) is 0 Å². The molecule has 4 heteroatoms. The van der Waals surface area contributed by atoms with E-state index < -0.39 is 0 Å². The van der Waals surface area contributed by atoms with E-state index in [0.717, 1.165) is 16.1 Å². The van der Waals surface area contributed by atoms with Crippen LogP contribution in [0, 0.1) is 6.92 Å². The third-order valence-electron chi connectivity index (χ3n) is 2.37. The number of benzene rings is 1. The maximum atomic E-state index is 6.04. The van der Waals surface area contributed by atoms with Gasteiger partial charge in [0.2, 0.25) is 0 Å². The van der Waals surface area contributed by atoms with E-state index >= 15 is 0 Å². The second kappa shape index (κ2) is 6.08. The van der Waals surface area contributed by atoms with Crippen LogP contribution < -0.4 is 11.3 Å². The number of hydrazine groups is 1. The summed E-state index contributed by atoms with van der Waals surface area (Å²) in [6.07, 6.45) is 0.